The van der Waals surface area contributed by atoms with Crippen molar-refractivity contribution in [3.63, 3.8) is 0 Å². The molecule has 1 atom stereocenters. The summed E-state index contributed by atoms with van der Waals surface area (Å²) in [6, 6.07) is 8.05. The molecule has 184 valence electrons. The third-order valence-corrected chi connectivity index (χ3v) is 7.55. The smallest absolute Gasteiger partial charge is 0.255 e. The summed E-state index contributed by atoms with van der Waals surface area (Å²) in [6.07, 6.45) is 0. The number of nitrogens with zero attached hydrogens (tertiary/aromatic N) is 2. The second-order valence-corrected chi connectivity index (χ2v) is 10.1. The number of para-hydroxylation sites is 1. The topological polar surface area (TPSA) is 96.0 Å². The van der Waals surface area contributed by atoms with Crippen LogP contribution in [0.15, 0.2) is 47.4 Å². The van der Waals surface area contributed by atoms with Crippen molar-refractivity contribution in [1.82, 2.24) is 14.5 Å². The number of halogens is 2. The van der Waals surface area contributed by atoms with Crippen LogP contribution in [-0.4, -0.2) is 68.8 Å². The van der Waals surface area contributed by atoms with Crippen LogP contribution in [0.5, 0.6) is 5.75 Å². The Bertz CT molecular complexity index is 1160. The molecule has 0 saturated carbocycles. The van der Waals surface area contributed by atoms with Crippen LogP contribution in [0, 0.1) is 17.6 Å². The number of benzene rings is 2. The fourth-order valence-electron chi connectivity index (χ4n) is 3.72. The molecular weight excluding hydrogens is 468 g/mol. The quantitative estimate of drug-likeness (QED) is 0.636. The van der Waals surface area contributed by atoms with E-state index in [2.05, 4.69) is 5.32 Å². The summed E-state index contributed by atoms with van der Waals surface area (Å²) in [4.78, 5) is 26.7. The molecule has 0 bridgehead atoms. The first-order valence-electron chi connectivity index (χ1n) is 10.7. The highest BCUT2D eigenvalue weighted by molar-refractivity contribution is 7.89. The summed E-state index contributed by atoms with van der Waals surface area (Å²) in [5, 5.41) is 2.75. The Morgan fingerprint density at radius 3 is 2.29 bits per heavy atom. The number of methoxy groups -OCH3 is 1. The second kappa shape index (κ2) is 10.5. The van der Waals surface area contributed by atoms with Gasteiger partial charge < -0.3 is 15.0 Å². The van der Waals surface area contributed by atoms with Crippen molar-refractivity contribution in [2.24, 2.45) is 5.92 Å². The van der Waals surface area contributed by atoms with Crippen molar-refractivity contribution >= 4 is 21.8 Å². The van der Waals surface area contributed by atoms with Gasteiger partial charge in [0.05, 0.1) is 12.7 Å². The van der Waals surface area contributed by atoms with Crippen molar-refractivity contribution in [3.8, 4) is 5.75 Å². The zero-order valence-corrected chi connectivity index (χ0v) is 19.9. The van der Waals surface area contributed by atoms with E-state index in [1.165, 1.54) is 12.0 Å². The van der Waals surface area contributed by atoms with Gasteiger partial charge >= 0.3 is 0 Å². The van der Waals surface area contributed by atoms with E-state index in [-0.39, 0.29) is 43.6 Å². The molecule has 0 aliphatic carbocycles. The van der Waals surface area contributed by atoms with Gasteiger partial charge in [-0.2, -0.15) is 4.31 Å². The van der Waals surface area contributed by atoms with Crippen molar-refractivity contribution in [2.75, 3.05) is 33.3 Å². The van der Waals surface area contributed by atoms with E-state index in [0.717, 1.165) is 16.4 Å². The van der Waals surface area contributed by atoms with Crippen LogP contribution < -0.4 is 10.1 Å². The number of piperazine rings is 1. The minimum atomic E-state index is -4.27. The Morgan fingerprint density at radius 1 is 1.03 bits per heavy atom. The van der Waals surface area contributed by atoms with Gasteiger partial charge in [0.1, 0.15) is 28.3 Å². The number of rotatable bonds is 7. The highest BCUT2D eigenvalue weighted by atomic mass is 32.2. The molecule has 2 aromatic rings. The summed E-state index contributed by atoms with van der Waals surface area (Å²) >= 11 is 0. The lowest BCUT2D eigenvalue weighted by atomic mass is 10.0. The lowest BCUT2D eigenvalue weighted by molar-refractivity contribution is -0.135. The van der Waals surface area contributed by atoms with Gasteiger partial charge in [0.15, 0.2) is 0 Å². The number of carbonyl (C=O) groups is 2. The van der Waals surface area contributed by atoms with E-state index in [9.17, 15) is 26.8 Å². The number of amides is 2. The first-order chi connectivity index (χ1) is 16.1. The van der Waals surface area contributed by atoms with Gasteiger partial charge in [0, 0.05) is 26.2 Å². The number of nitrogens with one attached hydrogen (secondary N) is 1. The highest BCUT2D eigenvalue weighted by Gasteiger charge is 2.35. The zero-order chi connectivity index (χ0) is 25.0. The predicted molar refractivity (Wildman–Crippen MR) is 121 cm³/mol. The van der Waals surface area contributed by atoms with Gasteiger partial charge in [-0.15, -0.1) is 0 Å². The Hall–Kier alpha value is -3.05. The van der Waals surface area contributed by atoms with E-state index >= 15 is 0 Å². The van der Waals surface area contributed by atoms with Gasteiger partial charge in [-0.05, 0) is 36.2 Å². The molecule has 8 nitrogen and oxygen atoms in total. The number of ether oxygens (including phenoxy) is 1. The summed E-state index contributed by atoms with van der Waals surface area (Å²) in [7, 11) is -2.82. The lowest BCUT2D eigenvalue weighted by Crippen LogP contribution is -2.57. The van der Waals surface area contributed by atoms with Crippen LogP contribution in [0.2, 0.25) is 0 Å². The average Bonchev–Trinajstić information content (AvgIpc) is 2.83. The molecule has 0 radical (unpaired) electrons. The van der Waals surface area contributed by atoms with Crippen LogP contribution in [0.4, 0.5) is 8.78 Å². The van der Waals surface area contributed by atoms with Crippen molar-refractivity contribution in [2.45, 2.75) is 24.8 Å². The molecule has 1 saturated heterocycles. The van der Waals surface area contributed by atoms with E-state index in [1.807, 2.05) is 0 Å². The van der Waals surface area contributed by atoms with Crippen molar-refractivity contribution in [3.05, 3.63) is 59.7 Å². The molecule has 1 aliphatic heterocycles. The SMILES string of the molecule is COc1ccccc1C(=O)N[C@H](C(=O)N1CCN(S(=O)(=O)c2cc(F)ccc2F)CC1)C(C)C. The normalized spacial score (nSPS) is 15.8. The molecule has 2 amide bonds. The maximum Gasteiger partial charge on any atom is 0.255 e. The van der Waals surface area contributed by atoms with Gasteiger partial charge in [0.2, 0.25) is 15.9 Å². The Morgan fingerprint density at radius 2 is 1.68 bits per heavy atom. The molecule has 3 rings (SSSR count). The number of hydrogen-bond acceptors (Lipinski definition) is 5. The molecule has 0 spiro atoms. The molecule has 11 heteroatoms. The molecule has 1 N–H and O–H groups in total. The summed E-state index contributed by atoms with van der Waals surface area (Å²) in [5.74, 6) is -2.59. The molecule has 0 unspecified atom stereocenters. The van der Waals surface area contributed by atoms with Crippen LogP contribution in [0.3, 0.4) is 0 Å². The fraction of sp³-hybridized carbons (Fsp3) is 0.391. The lowest BCUT2D eigenvalue weighted by Gasteiger charge is -2.36. The Balaban J connectivity index is 1.70. The van der Waals surface area contributed by atoms with Crippen LogP contribution in [0.1, 0.15) is 24.2 Å². The first-order valence-corrected chi connectivity index (χ1v) is 12.2. The summed E-state index contributed by atoms with van der Waals surface area (Å²) in [6.45, 7) is 3.49. The molecular formula is C23H27F2N3O5S. The van der Waals surface area contributed by atoms with Gasteiger partial charge in [-0.25, -0.2) is 17.2 Å². The highest BCUT2D eigenvalue weighted by Crippen LogP contribution is 2.23. The van der Waals surface area contributed by atoms with Gasteiger partial charge in [-0.1, -0.05) is 26.0 Å². The Labute approximate surface area is 197 Å². The maximum atomic E-state index is 14.0. The molecule has 2 aromatic carbocycles. The van der Waals surface area contributed by atoms with Crippen molar-refractivity contribution in [1.29, 1.82) is 0 Å². The van der Waals surface area contributed by atoms with Gasteiger partial charge in [0.25, 0.3) is 5.91 Å². The number of carbonyl (C=O) groups excluding carboxylic acids is 2. The minimum Gasteiger partial charge on any atom is -0.496 e. The van der Waals surface area contributed by atoms with E-state index in [1.54, 1.807) is 38.1 Å². The minimum absolute atomic E-state index is 0.0444. The Kier molecular flexibility index (Phi) is 7.88. The molecule has 1 aliphatic rings. The third-order valence-electron chi connectivity index (χ3n) is 5.63. The number of hydrogen-bond donors (Lipinski definition) is 1. The van der Waals surface area contributed by atoms with E-state index < -0.39 is 38.5 Å². The van der Waals surface area contributed by atoms with E-state index in [0.29, 0.717) is 11.8 Å². The van der Waals surface area contributed by atoms with E-state index in [4.69, 9.17) is 4.74 Å². The molecule has 0 aromatic heterocycles. The van der Waals surface area contributed by atoms with Crippen LogP contribution in [-0.2, 0) is 14.8 Å². The van der Waals surface area contributed by atoms with Crippen molar-refractivity contribution < 1.29 is 31.5 Å². The molecule has 1 heterocycles. The fourth-order valence-corrected chi connectivity index (χ4v) is 5.22. The van der Waals surface area contributed by atoms with Crippen LogP contribution >= 0.6 is 0 Å². The third kappa shape index (κ3) is 5.36. The second-order valence-electron chi connectivity index (χ2n) is 8.20. The number of sulfonamides is 1. The largest absolute Gasteiger partial charge is 0.496 e. The van der Waals surface area contributed by atoms with Gasteiger partial charge in [-0.3, -0.25) is 9.59 Å². The first kappa shape index (κ1) is 25.6. The summed E-state index contributed by atoms with van der Waals surface area (Å²) in [5.41, 5.74) is 0.288. The monoisotopic (exact) mass is 495 g/mol. The molecule has 34 heavy (non-hydrogen) atoms. The zero-order valence-electron chi connectivity index (χ0n) is 19.1. The molecule has 1 fully saturated rings. The predicted octanol–water partition coefficient (Wildman–Crippen LogP) is 2.26. The standard InChI is InChI=1S/C23H27F2N3O5S/c1-15(2)21(26-22(29)17-6-4-5-7-19(17)33-3)23(30)27-10-12-28(13-11-27)34(31,32)20-14-16(24)8-9-18(20)25/h4-9,14-15,21H,10-13H2,1-3H3,(H,26,29)/t21-/m0/s1. The average molecular weight is 496 g/mol. The summed E-state index contributed by atoms with van der Waals surface area (Å²) < 4.78 is 59.4. The maximum absolute atomic E-state index is 14.0. The van der Waals surface area contributed by atoms with Crippen LogP contribution in [0.25, 0.3) is 0 Å².